The molecule has 0 spiro atoms. The van der Waals surface area contributed by atoms with Crippen molar-refractivity contribution in [2.24, 2.45) is 0 Å². The zero-order valence-corrected chi connectivity index (χ0v) is 17.2. The van der Waals surface area contributed by atoms with Gasteiger partial charge in [-0.05, 0) is 37.4 Å². The third-order valence-electron chi connectivity index (χ3n) is 4.55. The first-order valence-corrected chi connectivity index (χ1v) is 10.3. The Labute approximate surface area is 172 Å². The van der Waals surface area contributed by atoms with Crippen LogP contribution >= 0.6 is 34.5 Å². The Bertz CT molecular complexity index is 920. The molecule has 0 amide bonds. The Morgan fingerprint density at radius 2 is 1.85 bits per heavy atom. The molecular formula is C19H19Cl2N5S. The average molecular weight is 420 g/mol. The minimum atomic E-state index is 0.516. The van der Waals surface area contributed by atoms with Crippen molar-refractivity contribution in [1.29, 1.82) is 0 Å². The highest BCUT2D eigenvalue weighted by Crippen LogP contribution is 2.30. The van der Waals surface area contributed by atoms with Gasteiger partial charge in [-0.25, -0.2) is 9.97 Å². The summed E-state index contributed by atoms with van der Waals surface area (Å²) in [5.74, 6) is 1.02. The lowest BCUT2D eigenvalue weighted by Gasteiger charge is -2.33. The first-order valence-electron chi connectivity index (χ1n) is 8.66. The molecule has 0 aliphatic carbocycles. The second-order valence-corrected chi connectivity index (χ2v) is 8.16. The predicted molar refractivity (Wildman–Crippen MR) is 115 cm³/mol. The van der Waals surface area contributed by atoms with Gasteiger partial charge in [-0.1, -0.05) is 23.2 Å². The van der Waals surface area contributed by atoms with Crippen LogP contribution in [0.3, 0.4) is 0 Å². The number of pyridine rings is 1. The Hall–Kier alpha value is -1.86. The molecule has 1 saturated heterocycles. The molecule has 3 aromatic rings. The van der Waals surface area contributed by atoms with Crippen LogP contribution in [0.4, 0.5) is 16.6 Å². The van der Waals surface area contributed by atoms with E-state index in [0.29, 0.717) is 10.0 Å². The van der Waals surface area contributed by atoms with Gasteiger partial charge in [-0.15, -0.1) is 11.3 Å². The van der Waals surface area contributed by atoms with E-state index in [4.69, 9.17) is 23.2 Å². The maximum atomic E-state index is 6.06. The molecule has 0 saturated carbocycles. The van der Waals surface area contributed by atoms with Gasteiger partial charge in [0.25, 0.3) is 0 Å². The Morgan fingerprint density at radius 3 is 2.56 bits per heavy atom. The zero-order valence-electron chi connectivity index (χ0n) is 14.8. The van der Waals surface area contributed by atoms with E-state index in [2.05, 4.69) is 44.3 Å². The van der Waals surface area contributed by atoms with Gasteiger partial charge in [0, 0.05) is 49.0 Å². The molecule has 1 aliphatic rings. The number of aromatic nitrogens is 2. The monoisotopic (exact) mass is 419 g/mol. The minimum Gasteiger partial charge on any atom is -0.354 e. The van der Waals surface area contributed by atoms with Crippen molar-refractivity contribution < 1.29 is 0 Å². The Kier molecular flexibility index (Phi) is 5.50. The first-order chi connectivity index (χ1) is 13.1. The van der Waals surface area contributed by atoms with Crippen LogP contribution in [0.15, 0.2) is 41.9 Å². The minimum absolute atomic E-state index is 0.516. The summed E-state index contributed by atoms with van der Waals surface area (Å²) >= 11 is 13.6. The summed E-state index contributed by atoms with van der Waals surface area (Å²) in [6.07, 6.45) is 1.89. The molecule has 5 nitrogen and oxygen atoms in total. The van der Waals surface area contributed by atoms with E-state index in [1.807, 2.05) is 17.6 Å². The summed E-state index contributed by atoms with van der Waals surface area (Å²) in [5.41, 5.74) is 2.76. The summed E-state index contributed by atoms with van der Waals surface area (Å²) in [5, 5.41) is 7.13. The highest BCUT2D eigenvalue weighted by molar-refractivity contribution is 7.14. The third kappa shape index (κ3) is 4.35. The first kappa shape index (κ1) is 18.5. The fraction of sp³-hybridized carbons (Fsp3) is 0.263. The van der Waals surface area contributed by atoms with Gasteiger partial charge in [0.05, 0.1) is 15.7 Å². The molecule has 140 valence electrons. The summed E-state index contributed by atoms with van der Waals surface area (Å²) in [6.45, 7) is 4.16. The van der Waals surface area contributed by atoms with Crippen molar-refractivity contribution >= 4 is 51.2 Å². The van der Waals surface area contributed by atoms with E-state index in [9.17, 15) is 0 Å². The zero-order chi connectivity index (χ0) is 18.8. The van der Waals surface area contributed by atoms with Crippen LogP contribution in [0.1, 0.15) is 0 Å². The van der Waals surface area contributed by atoms with E-state index in [1.165, 1.54) is 11.3 Å². The highest BCUT2D eigenvalue weighted by atomic mass is 35.5. The second kappa shape index (κ2) is 8.02. The number of hydrogen-bond donors (Lipinski definition) is 1. The molecule has 1 N–H and O–H groups in total. The van der Waals surface area contributed by atoms with Gasteiger partial charge in [0.1, 0.15) is 5.82 Å². The number of thiazole rings is 1. The highest BCUT2D eigenvalue weighted by Gasteiger charge is 2.15. The van der Waals surface area contributed by atoms with E-state index in [1.54, 1.807) is 12.1 Å². The van der Waals surface area contributed by atoms with Crippen LogP contribution in [-0.2, 0) is 0 Å². The van der Waals surface area contributed by atoms with Gasteiger partial charge in [-0.2, -0.15) is 0 Å². The fourth-order valence-corrected chi connectivity index (χ4v) is 3.96. The smallest absolute Gasteiger partial charge is 0.187 e. The van der Waals surface area contributed by atoms with E-state index < -0.39 is 0 Å². The van der Waals surface area contributed by atoms with Crippen LogP contribution in [-0.4, -0.2) is 48.1 Å². The van der Waals surface area contributed by atoms with Gasteiger partial charge >= 0.3 is 0 Å². The summed E-state index contributed by atoms with van der Waals surface area (Å²) < 4.78 is 0. The maximum absolute atomic E-state index is 6.06. The number of halogens is 2. The summed E-state index contributed by atoms with van der Waals surface area (Å²) in [7, 11) is 2.15. The number of benzene rings is 1. The molecule has 1 aromatic carbocycles. The fourth-order valence-electron chi connectivity index (χ4n) is 2.92. The second-order valence-electron chi connectivity index (χ2n) is 6.49. The van der Waals surface area contributed by atoms with Gasteiger partial charge in [-0.3, -0.25) is 0 Å². The molecule has 27 heavy (non-hydrogen) atoms. The molecule has 8 heteroatoms. The number of nitrogens with zero attached hydrogens (tertiary/aromatic N) is 4. The van der Waals surface area contributed by atoms with Crippen LogP contribution in [0.2, 0.25) is 10.0 Å². The quantitative estimate of drug-likeness (QED) is 0.643. The molecule has 0 unspecified atom stereocenters. The van der Waals surface area contributed by atoms with Crippen LogP contribution in [0.25, 0.3) is 11.3 Å². The van der Waals surface area contributed by atoms with Gasteiger partial charge in [0.15, 0.2) is 5.13 Å². The largest absolute Gasteiger partial charge is 0.354 e. The molecule has 1 fully saturated rings. The van der Waals surface area contributed by atoms with E-state index in [-0.39, 0.29) is 0 Å². The van der Waals surface area contributed by atoms with Crippen molar-refractivity contribution in [1.82, 2.24) is 14.9 Å². The third-order valence-corrected chi connectivity index (χ3v) is 6.04. The maximum Gasteiger partial charge on any atom is 0.187 e. The van der Waals surface area contributed by atoms with Crippen LogP contribution in [0, 0.1) is 0 Å². The van der Waals surface area contributed by atoms with Crippen molar-refractivity contribution in [3.05, 3.63) is 52.0 Å². The molecule has 1 aliphatic heterocycles. The lowest BCUT2D eigenvalue weighted by Crippen LogP contribution is -2.44. The van der Waals surface area contributed by atoms with E-state index >= 15 is 0 Å². The molecule has 4 rings (SSSR count). The molecule has 3 heterocycles. The summed E-state index contributed by atoms with van der Waals surface area (Å²) in [6, 6.07) is 9.59. The van der Waals surface area contributed by atoms with Crippen molar-refractivity contribution in [2.45, 2.75) is 0 Å². The van der Waals surface area contributed by atoms with Crippen LogP contribution < -0.4 is 10.2 Å². The molecule has 0 bridgehead atoms. The topological polar surface area (TPSA) is 44.3 Å². The number of piperazine rings is 1. The van der Waals surface area contributed by atoms with Crippen molar-refractivity contribution in [2.75, 3.05) is 43.4 Å². The molecule has 0 atom stereocenters. The Balaban J connectivity index is 1.45. The van der Waals surface area contributed by atoms with Gasteiger partial charge in [0.2, 0.25) is 0 Å². The number of hydrogen-bond acceptors (Lipinski definition) is 6. The standard InChI is InChI=1S/C19H19Cl2N5S/c1-25-6-8-26(9-7-25)18-5-2-13(11-22-18)17-12-27-19(24-17)23-14-3-4-15(20)16(21)10-14/h2-5,10-12H,6-9H2,1H3,(H,23,24). The lowest BCUT2D eigenvalue weighted by molar-refractivity contribution is 0.312. The summed E-state index contributed by atoms with van der Waals surface area (Å²) in [4.78, 5) is 13.9. The van der Waals surface area contributed by atoms with Crippen molar-refractivity contribution in [3.63, 3.8) is 0 Å². The normalized spacial score (nSPS) is 15.1. The molecular weight excluding hydrogens is 401 g/mol. The lowest BCUT2D eigenvalue weighted by atomic mass is 10.2. The SMILES string of the molecule is CN1CCN(c2ccc(-c3csc(Nc4ccc(Cl)c(Cl)c4)n3)cn2)CC1. The number of likely N-dealkylation sites (N-methyl/N-ethyl adjacent to an activating group) is 1. The predicted octanol–water partition coefficient (Wildman–Crippen LogP) is 5.01. The number of nitrogens with one attached hydrogen (secondary N) is 1. The van der Waals surface area contributed by atoms with Crippen LogP contribution in [0.5, 0.6) is 0 Å². The number of rotatable bonds is 4. The number of anilines is 3. The molecule has 2 aromatic heterocycles. The average Bonchev–Trinajstić information content (AvgIpc) is 3.14. The van der Waals surface area contributed by atoms with E-state index in [0.717, 1.165) is 54.1 Å². The molecule has 0 radical (unpaired) electrons. The Morgan fingerprint density at radius 1 is 1.04 bits per heavy atom. The van der Waals surface area contributed by atoms with Crippen molar-refractivity contribution in [3.8, 4) is 11.3 Å². The van der Waals surface area contributed by atoms with Gasteiger partial charge < -0.3 is 15.1 Å².